The summed E-state index contributed by atoms with van der Waals surface area (Å²) in [5, 5.41) is 79.4. The van der Waals surface area contributed by atoms with Gasteiger partial charge in [0.1, 0.15) is 30.5 Å². The highest BCUT2D eigenvalue weighted by Gasteiger charge is 2.58. The lowest BCUT2D eigenvalue weighted by atomic mass is 9.88. The number of hydrogen-bond donors (Lipinski definition) is 8. The van der Waals surface area contributed by atoms with Gasteiger partial charge in [-0.25, -0.2) is 4.79 Å². The zero-order chi connectivity index (χ0) is 23.6. The molecule has 3 rings (SSSR count). The Labute approximate surface area is 182 Å². The summed E-state index contributed by atoms with van der Waals surface area (Å²) in [7, 11) is 0. The van der Waals surface area contributed by atoms with E-state index in [1.807, 2.05) is 0 Å². The molecular weight excluding hydrogens is 432 g/mol. The van der Waals surface area contributed by atoms with Crippen LogP contribution in [-0.2, 0) is 25.4 Å². The van der Waals surface area contributed by atoms with Gasteiger partial charge in [0.25, 0.3) is 0 Å². The Balaban J connectivity index is 1.98. The molecule has 0 aromatic heterocycles. The second-order valence-corrected chi connectivity index (χ2v) is 7.61. The highest BCUT2D eigenvalue weighted by molar-refractivity contribution is 5.89. The molecule has 1 saturated heterocycles. The van der Waals surface area contributed by atoms with E-state index in [1.165, 1.54) is 0 Å². The lowest BCUT2D eigenvalue weighted by Crippen LogP contribution is -2.67. The number of hydrogen-bond acceptors (Lipinski definition) is 12. The molecule has 32 heavy (non-hydrogen) atoms. The van der Waals surface area contributed by atoms with Crippen molar-refractivity contribution in [3.63, 3.8) is 0 Å². The van der Waals surface area contributed by atoms with Crippen LogP contribution in [0.15, 0.2) is 41.9 Å². The van der Waals surface area contributed by atoms with E-state index >= 15 is 0 Å². The SMILES string of the molecule is O=C1O[C@H]([C@@H](O)CO)C(O)=C1OC1(CCc2ccccc2)O[C@H](C(O)O)[C@@H](O)[C@H](O)[C@H]1O. The number of cyclic esters (lactones) is 1. The second kappa shape index (κ2) is 9.68. The van der Waals surface area contributed by atoms with E-state index in [0.717, 1.165) is 5.56 Å². The minimum atomic E-state index is -2.34. The first-order valence-corrected chi connectivity index (χ1v) is 9.85. The third-order valence-corrected chi connectivity index (χ3v) is 5.43. The minimum Gasteiger partial charge on any atom is -0.505 e. The van der Waals surface area contributed by atoms with Gasteiger partial charge >= 0.3 is 5.97 Å². The molecule has 2 aliphatic heterocycles. The predicted molar refractivity (Wildman–Crippen MR) is 102 cm³/mol. The molecule has 12 heteroatoms. The van der Waals surface area contributed by atoms with Crippen molar-refractivity contribution in [3.8, 4) is 0 Å². The average Bonchev–Trinajstić information content (AvgIpc) is 3.06. The number of carbonyl (C=O) groups excluding carboxylic acids is 1. The van der Waals surface area contributed by atoms with Gasteiger partial charge in [0, 0.05) is 6.42 Å². The smallest absolute Gasteiger partial charge is 0.378 e. The molecule has 0 spiro atoms. The number of aryl methyl sites for hydroxylation is 1. The molecule has 0 bridgehead atoms. The number of rotatable bonds is 8. The first kappa shape index (κ1) is 24.4. The van der Waals surface area contributed by atoms with Crippen molar-refractivity contribution in [2.24, 2.45) is 0 Å². The summed E-state index contributed by atoms with van der Waals surface area (Å²) in [6.45, 7) is -0.850. The third kappa shape index (κ3) is 4.58. The summed E-state index contributed by atoms with van der Waals surface area (Å²) in [6.07, 6.45) is -13.5. The summed E-state index contributed by atoms with van der Waals surface area (Å²) < 4.78 is 15.8. The number of ether oxygens (including phenoxy) is 3. The molecule has 178 valence electrons. The monoisotopic (exact) mass is 458 g/mol. The van der Waals surface area contributed by atoms with Crippen LogP contribution in [0.3, 0.4) is 0 Å². The standard InChI is InChI=1S/C20H26O12/c21-8-10(22)14-13(25)16(19(29)30-14)32-20(7-6-9-4-2-1-3-5-9)17(26)12(24)11(23)15(31-20)18(27)28/h1-5,10-12,14-15,17-18,21-28H,6-8H2/t10-,11-,12-,14+,15-,17+,20?/m0/s1. The van der Waals surface area contributed by atoms with Gasteiger partial charge in [0.15, 0.2) is 18.2 Å². The van der Waals surface area contributed by atoms with Crippen LogP contribution in [0.25, 0.3) is 0 Å². The van der Waals surface area contributed by atoms with E-state index < -0.39 is 72.8 Å². The number of aliphatic hydroxyl groups is 8. The lowest BCUT2D eigenvalue weighted by molar-refractivity contribution is -0.375. The molecule has 2 aliphatic rings. The van der Waals surface area contributed by atoms with Gasteiger partial charge in [0.05, 0.1) is 6.61 Å². The predicted octanol–water partition coefficient (Wildman–Crippen LogP) is -2.83. The summed E-state index contributed by atoms with van der Waals surface area (Å²) in [6, 6.07) is 8.72. The Morgan fingerprint density at radius 1 is 1.06 bits per heavy atom. The Morgan fingerprint density at radius 2 is 1.72 bits per heavy atom. The number of esters is 1. The summed E-state index contributed by atoms with van der Waals surface area (Å²) in [5.41, 5.74) is 0.730. The van der Waals surface area contributed by atoms with Crippen molar-refractivity contribution in [1.29, 1.82) is 0 Å². The Kier molecular flexibility index (Phi) is 7.37. The summed E-state index contributed by atoms with van der Waals surface area (Å²) in [5.74, 6) is -5.36. The topological polar surface area (TPSA) is 207 Å². The van der Waals surface area contributed by atoms with E-state index in [2.05, 4.69) is 0 Å². The van der Waals surface area contributed by atoms with E-state index in [-0.39, 0.29) is 12.8 Å². The van der Waals surface area contributed by atoms with Crippen LogP contribution in [0.5, 0.6) is 0 Å². The third-order valence-electron chi connectivity index (χ3n) is 5.43. The maximum Gasteiger partial charge on any atom is 0.378 e. The number of carbonyl (C=O) groups is 1. The van der Waals surface area contributed by atoms with Gasteiger partial charge in [0.2, 0.25) is 11.5 Å². The molecule has 12 nitrogen and oxygen atoms in total. The molecule has 1 aromatic rings. The van der Waals surface area contributed by atoms with Crippen molar-refractivity contribution in [2.75, 3.05) is 6.61 Å². The Hall–Kier alpha value is -2.29. The molecule has 7 atom stereocenters. The molecule has 1 aromatic carbocycles. The van der Waals surface area contributed by atoms with Crippen LogP contribution in [0, 0.1) is 0 Å². The van der Waals surface area contributed by atoms with E-state index in [4.69, 9.17) is 19.3 Å². The van der Waals surface area contributed by atoms with Gasteiger partial charge < -0.3 is 55.1 Å². The van der Waals surface area contributed by atoms with Crippen LogP contribution in [0.1, 0.15) is 12.0 Å². The molecule has 0 radical (unpaired) electrons. The zero-order valence-corrected chi connectivity index (χ0v) is 16.8. The maximum atomic E-state index is 12.3. The van der Waals surface area contributed by atoms with Gasteiger partial charge in [-0.3, -0.25) is 0 Å². The van der Waals surface area contributed by atoms with Crippen molar-refractivity contribution in [2.45, 2.75) is 61.5 Å². The van der Waals surface area contributed by atoms with Crippen LogP contribution >= 0.6 is 0 Å². The molecule has 0 amide bonds. The quantitative estimate of drug-likeness (QED) is 0.147. The number of aliphatic hydroxyl groups excluding tert-OH is 7. The fraction of sp³-hybridized carbons (Fsp3) is 0.550. The van der Waals surface area contributed by atoms with E-state index in [9.17, 15) is 40.5 Å². The minimum absolute atomic E-state index is 0.140. The number of benzene rings is 1. The average molecular weight is 458 g/mol. The van der Waals surface area contributed by atoms with Gasteiger partial charge in [-0.1, -0.05) is 30.3 Å². The fourth-order valence-electron chi connectivity index (χ4n) is 3.64. The van der Waals surface area contributed by atoms with Gasteiger partial charge in [-0.05, 0) is 12.0 Å². The largest absolute Gasteiger partial charge is 0.505 e. The summed E-state index contributed by atoms with van der Waals surface area (Å²) >= 11 is 0. The molecule has 2 heterocycles. The molecule has 0 aliphatic carbocycles. The Bertz CT molecular complexity index is 827. The maximum absolute atomic E-state index is 12.3. The Morgan fingerprint density at radius 3 is 2.31 bits per heavy atom. The lowest BCUT2D eigenvalue weighted by Gasteiger charge is -2.48. The molecule has 8 N–H and O–H groups in total. The van der Waals surface area contributed by atoms with Crippen molar-refractivity contribution >= 4 is 5.97 Å². The van der Waals surface area contributed by atoms with Crippen molar-refractivity contribution in [1.82, 2.24) is 0 Å². The normalized spacial score (nSPS) is 34.0. The fourth-order valence-corrected chi connectivity index (χ4v) is 3.64. The molecular formula is C20H26O12. The van der Waals surface area contributed by atoms with E-state index in [0.29, 0.717) is 0 Å². The van der Waals surface area contributed by atoms with Crippen LogP contribution in [0.2, 0.25) is 0 Å². The first-order valence-electron chi connectivity index (χ1n) is 9.85. The van der Waals surface area contributed by atoms with E-state index in [1.54, 1.807) is 30.3 Å². The molecule has 1 unspecified atom stereocenters. The highest BCUT2D eigenvalue weighted by atomic mass is 16.7. The highest BCUT2D eigenvalue weighted by Crippen LogP contribution is 2.39. The van der Waals surface area contributed by atoms with Crippen molar-refractivity contribution in [3.05, 3.63) is 47.4 Å². The molecule has 1 fully saturated rings. The zero-order valence-electron chi connectivity index (χ0n) is 16.8. The summed E-state index contributed by atoms with van der Waals surface area (Å²) in [4.78, 5) is 12.3. The van der Waals surface area contributed by atoms with Gasteiger partial charge in [-0.15, -0.1) is 0 Å². The van der Waals surface area contributed by atoms with Crippen LogP contribution in [-0.4, -0.2) is 102 Å². The second-order valence-electron chi connectivity index (χ2n) is 7.61. The van der Waals surface area contributed by atoms with Crippen LogP contribution in [0.4, 0.5) is 0 Å². The first-order chi connectivity index (χ1) is 15.1. The van der Waals surface area contributed by atoms with Crippen molar-refractivity contribution < 1.29 is 59.9 Å². The van der Waals surface area contributed by atoms with Crippen LogP contribution < -0.4 is 0 Å². The molecule has 0 saturated carbocycles. The van der Waals surface area contributed by atoms with Gasteiger partial charge in [-0.2, -0.15) is 0 Å².